The molecule has 202 valence electrons. The second-order valence-electron chi connectivity index (χ2n) is 9.13. The average molecular weight is 532 g/mol. The third-order valence-corrected chi connectivity index (χ3v) is 6.18. The molecule has 0 bridgehead atoms. The van der Waals surface area contributed by atoms with E-state index in [0.29, 0.717) is 79.3 Å². The Labute approximate surface area is 226 Å². The van der Waals surface area contributed by atoms with Crippen molar-refractivity contribution in [2.45, 2.75) is 18.8 Å². The number of benzene rings is 3. The Morgan fingerprint density at radius 3 is 2.67 bits per heavy atom. The standard InChI is InChI=1S/C29H29N3O7/c30-13-19-1-3-22(4-2-19)37-17-25-18-38-28-12-24(6-8-27(28)39-25)36-16-21(33)15-31-9-10-35-23-5-7-26-20(11-23)14-32-29(26)34/h1-8,11-12,21,25,31,33H,9-10,14-18H2,(H,32,34)/t21-,25+/m0/s1. The number of amides is 1. The van der Waals surface area contributed by atoms with Crippen molar-refractivity contribution in [3.8, 4) is 34.8 Å². The molecule has 2 aliphatic rings. The van der Waals surface area contributed by atoms with Gasteiger partial charge in [0.05, 0.1) is 11.6 Å². The molecule has 3 aromatic carbocycles. The summed E-state index contributed by atoms with van der Waals surface area (Å²) in [6.45, 7) is 2.58. The first-order chi connectivity index (χ1) is 19.1. The monoisotopic (exact) mass is 531 g/mol. The lowest BCUT2D eigenvalue weighted by atomic mass is 10.1. The first kappa shape index (κ1) is 26.2. The van der Waals surface area contributed by atoms with Crippen LogP contribution < -0.4 is 34.3 Å². The summed E-state index contributed by atoms with van der Waals surface area (Å²) < 4.78 is 29.0. The summed E-state index contributed by atoms with van der Waals surface area (Å²) in [6, 6.07) is 19.7. The first-order valence-electron chi connectivity index (χ1n) is 12.7. The maximum atomic E-state index is 11.6. The van der Waals surface area contributed by atoms with Gasteiger partial charge in [-0.3, -0.25) is 4.79 Å². The summed E-state index contributed by atoms with van der Waals surface area (Å²) in [6.07, 6.45) is -0.986. The van der Waals surface area contributed by atoms with Gasteiger partial charge in [0.25, 0.3) is 5.91 Å². The summed E-state index contributed by atoms with van der Waals surface area (Å²) in [4.78, 5) is 11.6. The van der Waals surface area contributed by atoms with Crippen molar-refractivity contribution in [3.63, 3.8) is 0 Å². The molecule has 39 heavy (non-hydrogen) atoms. The Bertz CT molecular complexity index is 1340. The number of nitrogens with one attached hydrogen (secondary N) is 2. The maximum Gasteiger partial charge on any atom is 0.251 e. The molecule has 5 rings (SSSR count). The summed E-state index contributed by atoms with van der Waals surface area (Å²) in [5.41, 5.74) is 2.20. The fourth-order valence-corrected chi connectivity index (χ4v) is 4.14. The van der Waals surface area contributed by atoms with Crippen LogP contribution in [0.4, 0.5) is 0 Å². The lowest BCUT2D eigenvalue weighted by Crippen LogP contribution is -2.34. The van der Waals surface area contributed by atoms with Crippen LogP contribution in [0.25, 0.3) is 0 Å². The van der Waals surface area contributed by atoms with Crippen LogP contribution in [0.3, 0.4) is 0 Å². The smallest absolute Gasteiger partial charge is 0.251 e. The topological polar surface area (TPSA) is 131 Å². The minimum atomic E-state index is -0.709. The third-order valence-electron chi connectivity index (χ3n) is 6.18. The SMILES string of the molecule is N#Cc1ccc(OC[C@@H]2COc3cc(OC[C@@H](O)CNCCOc4ccc5c(c4)CNC5=O)ccc3O2)cc1. The fraction of sp³-hybridized carbons (Fsp3) is 0.310. The van der Waals surface area contributed by atoms with E-state index in [-0.39, 0.29) is 18.6 Å². The van der Waals surface area contributed by atoms with Crippen LogP contribution in [0.5, 0.6) is 28.7 Å². The number of aliphatic hydroxyl groups is 1. The molecule has 10 heteroatoms. The Morgan fingerprint density at radius 1 is 1.03 bits per heavy atom. The lowest BCUT2D eigenvalue weighted by molar-refractivity contribution is 0.0529. The largest absolute Gasteiger partial charge is 0.492 e. The van der Waals surface area contributed by atoms with E-state index in [1.807, 2.05) is 6.07 Å². The molecule has 2 heterocycles. The third kappa shape index (κ3) is 6.90. The van der Waals surface area contributed by atoms with Gasteiger partial charge in [-0.15, -0.1) is 0 Å². The number of nitrogens with zero attached hydrogens (tertiary/aromatic N) is 1. The van der Waals surface area contributed by atoms with Crippen molar-refractivity contribution < 1.29 is 33.6 Å². The number of ether oxygens (including phenoxy) is 5. The molecule has 0 fully saturated rings. The summed E-state index contributed by atoms with van der Waals surface area (Å²) >= 11 is 0. The van der Waals surface area contributed by atoms with Gasteiger partial charge in [-0.25, -0.2) is 0 Å². The van der Waals surface area contributed by atoms with Crippen LogP contribution in [0.2, 0.25) is 0 Å². The molecular formula is C29H29N3O7. The van der Waals surface area contributed by atoms with Gasteiger partial charge in [0, 0.05) is 31.3 Å². The molecular weight excluding hydrogens is 502 g/mol. The van der Waals surface area contributed by atoms with Gasteiger partial charge in [-0.1, -0.05) is 0 Å². The molecule has 0 radical (unpaired) electrons. The second-order valence-corrected chi connectivity index (χ2v) is 9.13. The Morgan fingerprint density at radius 2 is 1.82 bits per heavy atom. The summed E-state index contributed by atoms with van der Waals surface area (Å²) in [5, 5.41) is 25.1. The van der Waals surface area contributed by atoms with Crippen LogP contribution in [-0.2, 0) is 6.54 Å². The van der Waals surface area contributed by atoms with E-state index < -0.39 is 6.10 Å². The summed E-state index contributed by atoms with van der Waals surface area (Å²) in [7, 11) is 0. The molecule has 1 amide bonds. The molecule has 3 N–H and O–H groups in total. The van der Waals surface area contributed by atoms with Gasteiger partial charge in [-0.2, -0.15) is 5.26 Å². The Hall–Kier alpha value is -4.46. The number of hydrogen-bond acceptors (Lipinski definition) is 9. The number of carbonyl (C=O) groups excluding carboxylic acids is 1. The van der Waals surface area contributed by atoms with Crippen molar-refractivity contribution in [1.82, 2.24) is 10.6 Å². The molecule has 0 aliphatic carbocycles. The molecule has 3 aromatic rings. The molecule has 0 saturated carbocycles. The number of rotatable bonds is 12. The normalized spacial score (nSPS) is 16.0. The molecule has 0 unspecified atom stereocenters. The Kier molecular flexibility index (Phi) is 8.31. The number of fused-ring (bicyclic) bond motifs is 2. The predicted octanol–water partition coefficient (Wildman–Crippen LogP) is 2.43. The van der Waals surface area contributed by atoms with E-state index in [0.717, 1.165) is 5.56 Å². The minimum absolute atomic E-state index is 0.0539. The molecule has 0 saturated heterocycles. The van der Waals surface area contributed by atoms with Gasteiger partial charge in [0.1, 0.15) is 49.8 Å². The van der Waals surface area contributed by atoms with Gasteiger partial charge < -0.3 is 39.4 Å². The highest BCUT2D eigenvalue weighted by Crippen LogP contribution is 2.35. The van der Waals surface area contributed by atoms with Gasteiger partial charge >= 0.3 is 0 Å². The highest BCUT2D eigenvalue weighted by Gasteiger charge is 2.23. The number of hydrogen-bond donors (Lipinski definition) is 3. The van der Waals surface area contributed by atoms with E-state index in [1.54, 1.807) is 54.6 Å². The van der Waals surface area contributed by atoms with Crippen molar-refractivity contribution in [2.75, 3.05) is 39.5 Å². The van der Waals surface area contributed by atoms with Crippen LogP contribution >= 0.6 is 0 Å². The van der Waals surface area contributed by atoms with Crippen molar-refractivity contribution >= 4 is 5.91 Å². The summed E-state index contributed by atoms with van der Waals surface area (Å²) in [5.74, 6) is 3.04. The lowest BCUT2D eigenvalue weighted by Gasteiger charge is -2.27. The number of nitriles is 1. The maximum absolute atomic E-state index is 11.6. The van der Waals surface area contributed by atoms with E-state index in [9.17, 15) is 9.90 Å². The van der Waals surface area contributed by atoms with Gasteiger partial charge in [0.2, 0.25) is 0 Å². The quantitative estimate of drug-likeness (QED) is 0.302. The highest BCUT2D eigenvalue weighted by molar-refractivity contribution is 5.98. The molecule has 2 aliphatic heterocycles. The second kappa shape index (κ2) is 12.4. The van der Waals surface area contributed by atoms with E-state index in [2.05, 4.69) is 16.7 Å². The van der Waals surface area contributed by atoms with Gasteiger partial charge in [0.15, 0.2) is 17.6 Å². The molecule has 2 atom stereocenters. The van der Waals surface area contributed by atoms with Crippen molar-refractivity contribution in [3.05, 3.63) is 77.4 Å². The zero-order valence-electron chi connectivity index (χ0n) is 21.2. The van der Waals surface area contributed by atoms with E-state index in [1.165, 1.54) is 0 Å². The van der Waals surface area contributed by atoms with Crippen LogP contribution in [-0.4, -0.2) is 62.7 Å². The molecule has 0 spiro atoms. The fourth-order valence-electron chi connectivity index (χ4n) is 4.14. The highest BCUT2D eigenvalue weighted by atomic mass is 16.6. The molecule has 0 aromatic heterocycles. The minimum Gasteiger partial charge on any atom is -0.492 e. The first-order valence-corrected chi connectivity index (χ1v) is 12.7. The van der Waals surface area contributed by atoms with Crippen molar-refractivity contribution in [2.24, 2.45) is 0 Å². The van der Waals surface area contributed by atoms with Gasteiger partial charge in [-0.05, 0) is 60.2 Å². The average Bonchev–Trinajstić information content (AvgIpc) is 3.34. The zero-order valence-corrected chi connectivity index (χ0v) is 21.2. The van der Waals surface area contributed by atoms with Crippen LogP contribution in [0.1, 0.15) is 21.5 Å². The zero-order chi connectivity index (χ0) is 27.0. The predicted molar refractivity (Wildman–Crippen MR) is 140 cm³/mol. The van der Waals surface area contributed by atoms with E-state index >= 15 is 0 Å². The number of aliphatic hydroxyl groups excluding tert-OH is 1. The molecule has 10 nitrogen and oxygen atoms in total. The van der Waals surface area contributed by atoms with Crippen LogP contribution in [0.15, 0.2) is 60.7 Å². The van der Waals surface area contributed by atoms with Crippen LogP contribution in [0, 0.1) is 11.3 Å². The number of carbonyl (C=O) groups is 1. The van der Waals surface area contributed by atoms with Crippen molar-refractivity contribution in [1.29, 1.82) is 5.26 Å². The van der Waals surface area contributed by atoms with E-state index in [4.69, 9.17) is 28.9 Å². The Balaban J connectivity index is 0.982.